The van der Waals surface area contributed by atoms with Crippen LogP contribution in [0.5, 0.6) is 5.75 Å². The van der Waals surface area contributed by atoms with Gasteiger partial charge in [-0.3, -0.25) is 4.79 Å². The van der Waals surface area contributed by atoms with Crippen molar-refractivity contribution in [3.8, 4) is 5.75 Å². The summed E-state index contributed by atoms with van der Waals surface area (Å²) in [4.78, 5) is 11.7. The van der Waals surface area contributed by atoms with Crippen LogP contribution in [-0.4, -0.2) is 45.6 Å². The molecule has 0 fully saturated rings. The van der Waals surface area contributed by atoms with Gasteiger partial charge < -0.3 is 20.1 Å². The summed E-state index contributed by atoms with van der Waals surface area (Å²) in [7, 11) is 1.59. The number of amides is 1. The zero-order chi connectivity index (χ0) is 15.7. The van der Waals surface area contributed by atoms with Crippen LogP contribution in [0.4, 0.5) is 13.2 Å². The van der Waals surface area contributed by atoms with Gasteiger partial charge in [0, 0.05) is 32.3 Å². The topological polar surface area (TPSA) is 59.6 Å². The van der Waals surface area contributed by atoms with Gasteiger partial charge in [0.2, 0.25) is 0 Å². The molecule has 0 radical (unpaired) electrons. The van der Waals surface area contributed by atoms with Crippen molar-refractivity contribution in [1.82, 2.24) is 10.6 Å². The second-order valence-corrected chi connectivity index (χ2v) is 4.07. The molecule has 0 unspecified atom stereocenters. The number of halogens is 4. The number of methoxy groups -OCH3 is 1. The predicted octanol–water partition coefficient (Wildman–Crippen LogP) is 1.97. The van der Waals surface area contributed by atoms with Crippen molar-refractivity contribution in [1.29, 1.82) is 0 Å². The van der Waals surface area contributed by atoms with Gasteiger partial charge in [-0.25, -0.2) is 0 Å². The van der Waals surface area contributed by atoms with Crippen molar-refractivity contribution in [2.75, 3.05) is 33.4 Å². The lowest BCUT2D eigenvalue weighted by atomic mass is 10.2. The van der Waals surface area contributed by atoms with Crippen LogP contribution >= 0.6 is 12.4 Å². The molecule has 0 spiro atoms. The van der Waals surface area contributed by atoms with E-state index in [-0.39, 0.29) is 29.6 Å². The summed E-state index contributed by atoms with van der Waals surface area (Å²) in [5.41, 5.74) is 0.265. The summed E-state index contributed by atoms with van der Waals surface area (Å²) in [5.74, 6) is -0.720. The Labute approximate surface area is 132 Å². The van der Waals surface area contributed by atoms with E-state index < -0.39 is 6.36 Å². The highest BCUT2D eigenvalue weighted by molar-refractivity contribution is 5.94. The Bertz CT molecular complexity index is 441. The zero-order valence-electron chi connectivity index (χ0n) is 11.9. The first-order valence-electron chi connectivity index (χ1n) is 6.26. The fourth-order valence-corrected chi connectivity index (χ4v) is 1.47. The Morgan fingerprint density at radius 2 is 1.77 bits per heavy atom. The molecule has 0 saturated heterocycles. The zero-order valence-corrected chi connectivity index (χ0v) is 12.7. The lowest BCUT2D eigenvalue weighted by molar-refractivity contribution is -0.274. The second-order valence-electron chi connectivity index (χ2n) is 4.07. The number of hydrogen-bond donors (Lipinski definition) is 2. The lowest BCUT2D eigenvalue weighted by Crippen LogP contribution is -2.33. The molecule has 1 amide bonds. The highest BCUT2D eigenvalue weighted by Gasteiger charge is 2.31. The predicted molar refractivity (Wildman–Crippen MR) is 77.5 cm³/mol. The normalized spacial score (nSPS) is 10.7. The molecule has 1 aromatic rings. The molecule has 126 valence electrons. The summed E-state index contributed by atoms with van der Waals surface area (Å²) in [6, 6.07) is 4.74. The number of rotatable bonds is 8. The quantitative estimate of drug-likeness (QED) is 0.709. The molecule has 0 aliphatic carbocycles. The Hall–Kier alpha value is -1.51. The van der Waals surface area contributed by atoms with Gasteiger partial charge in [0.1, 0.15) is 5.75 Å². The molecule has 0 atom stereocenters. The van der Waals surface area contributed by atoms with Crippen molar-refractivity contribution in [2.45, 2.75) is 6.36 Å². The standard InChI is InChI=1S/C13H17F3N2O3.ClH/c1-20-9-8-17-6-7-18-12(19)10-2-4-11(5-3-10)21-13(14,15)16;/h2-5,17H,6-9H2,1H3,(H,18,19);1H. The van der Waals surface area contributed by atoms with E-state index in [2.05, 4.69) is 15.4 Å². The van der Waals surface area contributed by atoms with Crippen LogP contribution in [0, 0.1) is 0 Å². The monoisotopic (exact) mass is 342 g/mol. The molecule has 0 saturated carbocycles. The van der Waals surface area contributed by atoms with E-state index in [0.29, 0.717) is 26.2 Å². The molecule has 1 aromatic carbocycles. The summed E-state index contributed by atoms with van der Waals surface area (Å²) >= 11 is 0. The molecular weight excluding hydrogens is 325 g/mol. The van der Waals surface area contributed by atoms with Crippen LogP contribution in [0.2, 0.25) is 0 Å². The fourth-order valence-electron chi connectivity index (χ4n) is 1.47. The summed E-state index contributed by atoms with van der Waals surface area (Å²) in [6.07, 6.45) is -4.74. The van der Waals surface area contributed by atoms with Crippen molar-refractivity contribution < 1.29 is 27.4 Å². The van der Waals surface area contributed by atoms with Gasteiger partial charge in [0.15, 0.2) is 0 Å². The van der Waals surface area contributed by atoms with Crippen LogP contribution in [0.3, 0.4) is 0 Å². The maximum absolute atomic E-state index is 12.0. The van der Waals surface area contributed by atoms with E-state index in [0.717, 1.165) is 12.1 Å². The minimum atomic E-state index is -4.74. The number of ether oxygens (including phenoxy) is 2. The number of alkyl halides is 3. The molecule has 1 rings (SSSR count). The van der Waals surface area contributed by atoms with E-state index in [1.807, 2.05) is 0 Å². The van der Waals surface area contributed by atoms with E-state index in [9.17, 15) is 18.0 Å². The van der Waals surface area contributed by atoms with Gasteiger partial charge in [-0.1, -0.05) is 0 Å². The Morgan fingerprint density at radius 3 is 2.32 bits per heavy atom. The summed E-state index contributed by atoms with van der Waals surface area (Å²) in [6.45, 7) is 2.23. The van der Waals surface area contributed by atoms with Crippen molar-refractivity contribution >= 4 is 18.3 Å². The highest BCUT2D eigenvalue weighted by Crippen LogP contribution is 2.22. The third-order valence-electron chi connectivity index (χ3n) is 2.42. The number of carbonyl (C=O) groups excluding carboxylic acids is 1. The minimum Gasteiger partial charge on any atom is -0.406 e. The van der Waals surface area contributed by atoms with Crippen molar-refractivity contribution in [2.24, 2.45) is 0 Å². The van der Waals surface area contributed by atoms with E-state index in [1.54, 1.807) is 7.11 Å². The van der Waals surface area contributed by atoms with Crippen LogP contribution < -0.4 is 15.4 Å². The average molecular weight is 343 g/mol. The Balaban J connectivity index is 0.00000441. The molecule has 0 bridgehead atoms. The Morgan fingerprint density at radius 1 is 1.14 bits per heavy atom. The van der Waals surface area contributed by atoms with Gasteiger partial charge in [-0.05, 0) is 24.3 Å². The van der Waals surface area contributed by atoms with Crippen molar-refractivity contribution in [3.63, 3.8) is 0 Å². The van der Waals surface area contributed by atoms with Gasteiger partial charge in [0.25, 0.3) is 5.91 Å². The molecule has 0 heterocycles. The maximum Gasteiger partial charge on any atom is 0.573 e. The van der Waals surface area contributed by atoms with Crippen LogP contribution in [0.1, 0.15) is 10.4 Å². The smallest absolute Gasteiger partial charge is 0.406 e. The summed E-state index contributed by atoms with van der Waals surface area (Å²) in [5, 5.41) is 5.68. The molecule has 22 heavy (non-hydrogen) atoms. The van der Waals surface area contributed by atoms with Gasteiger partial charge in [-0.2, -0.15) is 0 Å². The molecule has 0 aliphatic rings. The first-order valence-corrected chi connectivity index (χ1v) is 6.26. The van der Waals surface area contributed by atoms with Crippen molar-refractivity contribution in [3.05, 3.63) is 29.8 Å². The molecule has 2 N–H and O–H groups in total. The largest absolute Gasteiger partial charge is 0.573 e. The number of carbonyl (C=O) groups is 1. The lowest BCUT2D eigenvalue weighted by Gasteiger charge is -2.09. The first kappa shape index (κ1) is 20.5. The number of nitrogens with one attached hydrogen (secondary N) is 2. The fraction of sp³-hybridized carbons (Fsp3) is 0.462. The average Bonchev–Trinajstić information content (AvgIpc) is 2.41. The minimum absolute atomic E-state index is 0. The first-order chi connectivity index (χ1) is 9.92. The second kappa shape index (κ2) is 10.3. The third-order valence-corrected chi connectivity index (χ3v) is 2.42. The van der Waals surface area contributed by atoms with Crippen LogP contribution in [0.25, 0.3) is 0 Å². The molecule has 9 heteroatoms. The van der Waals surface area contributed by atoms with Crippen LogP contribution in [0.15, 0.2) is 24.3 Å². The molecule has 5 nitrogen and oxygen atoms in total. The maximum atomic E-state index is 12.0. The van der Waals surface area contributed by atoms with E-state index in [4.69, 9.17) is 4.74 Å². The number of hydrogen-bond acceptors (Lipinski definition) is 4. The van der Waals surface area contributed by atoms with Crippen LogP contribution in [-0.2, 0) is 4.74 Å². The van der Waals surface area contributed by atoms with E-state index >= 15 is 0 Å². The summed E-state index contributed by atoms with van der Waals surface area (Å²) < 4.78 is 44.5. The Kier molecular flexibility index (Phi) is 9.55. The highest BCUT2D eigenvalue weighted by atomic mass is 35.5. The number of benzene rings is 1. The van der Waals surface area contributed by atoms with Gasteiger partial charge in [-0.15, -0.1) is 25.6 Å². The molecule has 0 aliphatic heterocycles. The third kappa shape index (κ3) is 8.71. The SMILES string of the molecule is COCCNCCNC(=O)c1ccc(OC(F)(F)F)cc1.Cl. The van der Waals surface area contributed by atoms with Gasteiger partial charge in [0.05, 0.1) is 6.61 Å². The molecular formula is C13H18ClF3N2O3. The molecule has 0 aromatic heterocycles. The van der Waals surface area contributed by atoms with E-state index in [1.165, 1.54) is 12.1 Å². The van der Waals surface area contributed by atoms with Gasteiger partial charge >= 0.3 is 6.36 Å².